The van der Waals surface area contributed by atoms with Gasteiger partial charge in [0.1, 0.15) is 42.3 Å². The number of para-hydroxylation sites is 1. The van der Waals surface area contributed by atoms with Gasteiger partial charge in [0.25, 0.3) is 0 Å². The lowest BCUT2D eigenvalue weighted by Gasteiger charge is -2.31. The summed E-state index contributed by atoms with van der Waals surface area (Å²) in [7, 11) is 0. The third kappa shape index (κ3) is 18.8. The summed E-state index contributed by atoms with van der Waals surface area (Å²) in [5.41, 5.74) is 25.4. The Morgan fingerprint density at radius 1 is 0.805 bits per heavy atom. The van der Waals surface area contributed by atoms with Gasteiger partial charge in [-0.1, -0.05) is 85.6 Å². The van der Waals surface area contributed by atoms with E-state index in [9.17, 15) is 33.6 Å². The van der Waals surface area contributed by atoms with Crippen molar-refractivity contribution in [1.82, 2.24) is 67.4 Å². The number of amides is 10. The highest BCUT2D eigenvalue weighted by Gasteiger charge is 2.45. The van der Waals surface area contributed by atoms with Crippen molar-refractivity contribution in [2.45, 2.75) is 146 Å². The van der Waals surface area contributed by atoms with Gasteiger partial charge < -0.3 is 75.4 Å². The van der Waals surface area contributed by atoms with Crippen LogP contribution >= 0.6 is 0 Å². The van der Waals surface area contributed by atoms with Gasteiger partial charge in [-0.05, 0) is 73.0 Å². The molecule has 7 rings (SSSR count). The number of nitrogens with two attached hydrogens (primary N) is 4. The number of unbranched alkanes of at least 4 members (excludes halogenated alkanes) is 1. The van der Waals surface area contributed by atoms with Crippen LogP contribution in [-0.2, 0) is 67.2 Å². The summed E-state index contributed by atoms with van der Waals surface area (Å²) in [6.45, 7) is 2.62. The highest BCUT2D eigenvalue weighted by Crippen LogP contribution is 2.29. The predicted octanol–water partition coefficient (Wildman–Crippen LogP) is -1.49. The smallest absolute Gasteiger partial charge is 0.246 e. The molecule has 3 aromatic carbocycles. The first-order chi connectivity index (χ1) is 41.8. The molecule has 0 unspecified atom stereocenters. The molecule has 2 fully saturated rings. The monoisotopic (exact) mass is 1200 g/mol. The Labute approximate surface area is 502 Å². The highest BCUT2D eigenvalue weighted by molar-refractivity contribution is 5.99. The largest absolute Gasteiger partial charge is 0.370 e. The normalized spacial score (nSPS) is 21.9. The number of hydrogen-bond acceptors (Lipinski definition) is 14. The van der Waals surface area contributed by atoms with Crippen LogP contribution in [0.25, 0.3) is 21.7 Å². The summed E-state index contributed by atoms with van der Waals surface area (Å²) in [5, 5.41) is 32.7. The van der Waals surface area contributed by atoms with Crippen molar-refractivity contribution in [3.8, 4) is 0 Å². The molecule has 28 heteroatoms. The van der Waals surface area contributed by atoms with E-state index in [0.717, 1.165) is 21.7 Å². The van der Waals surface area contributed by atoms with Crippen LogP contribution in [0.3, 0.4) is 0 Å². The maximum absolute atomic E-state index is 15.4. The molecule has 2 aliphatic rings. The first kappa shape index (κ1) is 65.1. The maximum Gasteiger partial charge on any atom is 0.246 e. The second-order valence-electron chi connectivity index (χ2n) is 22.0. The fourth-order valence-corrected chi connectivity index (χ4v) is 10.8. The van der Waals surface area contributed by atoms with Crippen LogP contribution < -0.4 is 65.5 Å². The van der Waals surface area contributed by atoms with Crippen molar-refractivity contribution in [2.75, 3.05) is 32.7 Å². The standard InChI is InChI=1S/C59H80N18O10/c1-3-4-15-44(68-34(2)78)54(83)73-48-29-50(79)64-23-10-9-17-43(52(61)81)69-51(80)31-67-53(82)47(27-38-30-66-42-16-8-7-14-41(38)42)71-55(84)45(18-11-24-65-59(62)63)70-56(85)46(26-35-19-20-36-12-5-6-13-37(36)25-35)72-57(86)49-28-40(33-76(49)58(48)87)77-32-39(21-22-60)74-75-77/h5-8,12-14,16,19-20,25,30,32,40,43-49,66H,3-4,9-11,15,17-18,21-24,26-29,31,33,60H2,1-2H3,(H2,61,81)(H,64,79)(H,67,82)(H,68,78)(H,69,80)(H,70,85)(H,71,84)(H,72,86)(H,73,83)(H4,62,63,65)/t40-,43-,44-,45-,46+,47-,48-,49-/m0/s1. The number of aliphatic imine (C=N–C) groups is 1. The third-order valence-corrected chi connectivity index (χ3v) is 15.3. The minimum absolute atomic E-state index is 0.0176. The molecule has 2 aromatic heterocycles. The van der Waals surface area contributed by atoms with Gasteiger partial charge in [0.05, 0.1) is 24.7 Å². The van der Waals surface area contributed by atoms with Gasteiger partial charge in [0.15, 0.2) is 5.96 Å². The van der Waals surface area contributed by atoms with E-state index in [-0.39, 0.29) is 89.9 Å². The van der Waals surface area contributed by atoms with E-state index in [1.165, 1.54) is 16.5 Å². The molecule has 2 aliphatic heterocycles. The van der Waals surface area contributed by atoms with Gasteiger partial charge in [-0.3, -0.25) is 52.9 Å². The SMILES string of the molecule is CCCC[C@H](NC(C)=O)C(=O)N[C@H]1CC(=O)NCCCC[C@@H](C(N)=O)NC(=O)CNC(=O)[C@H](Cc2c[nH]c3ccccc23)NC(=O)[C@H](CCCN=C(N)N)NC(=O)[C@@H](Cc2ccc3ccccc3c2)NC(=O)[C@@H]2C[C@H](n3cc(CCN)nn3)CN2C1=O. The minimum Gasteiger partial charge on any atom is -0.370 e. The van der Waals surface area contributed by atoms with Gasteiger partial charge in [0, 0.05) is 75.5 Å². The highest BCUT2D eigenvalue weighted by atomic mass is 16.2. The molecule has 10 amide bonds. The van der Waals surface area contributed by atoms with E-state index >= 15 is 14.4 Å². The second-order valence-corrected chi connectivity index (χ2v) is 22.0. The third-order valence-electron chi connectivity index (χ3n) is 15.3. The zero-order valence-electron chi connectivity index (χ0n) is 49.0. The Bertz CT molecular complexity index is 3300. The number of hydrogen-bond donors (Lipinski definition) is 13. The summed E-state index contributed by atoms with van der Waals surface area (Å²) in [6.07, 6.45) is 4.71. The fraction of sp³-hybridized carbons (Fsp3) is 0.475. The Morgan fingerprint density at radius 2 is 1.53 bits per heavy atom. The summed E-state index contributed by atoms with van der Waals surface area (Å²) in [5.74, 6) is -7.92. The Hall–Kier alpha value is -9.47. The first-order valence-electron chi connectivity index (χ1n) is 29.4. The van der Waals surface area contributed by atoms with Crippen LogP contribution in [0.4, 0.5) is 0 Å². The van der Waals surface area contributed by atoms with Crippen molar-refractivity contribution in [1.29, 1.82) is 0 Å². The van der Waals surface area contributed by atoms with Crippen molar-refractivity contribution in [2.24, 2.45) is 27.9 Å². The van der Waals surface area contributed by atoms with Gasteiger partial charge in [-0.15, -0.1) is 5.10 Å². The van der Waals surface area contributed by atoms with Gasteiger partial charge >= 0.3 is 0 Å². The van der Waals surface area contributed by atoms with E-state index in [1.54, 1.807) is 18.5 Å². The molecule has 0 spiro atoms. The van der Waals surface area contributed by atoms with E-state index in [1.807, 2.05) is 67.6 Å². The predicted molar refractivity (Wildman–Crippen MR) is 322 cm³/mol. The fourth-order valence-electron chi connectivity index (χ4n) is 10.8. The number of carbonyl (C=O) groups excluding carboxylic acids is 10. The number of carbonyl (C=O) groups is 10. The van der Waals surface area contributed by atoms with E-state index in [0.29, 0.717) is 36.1 Å². The molecular weight excluding hydrogens is 1120 g/mol. The number of guanidine groups is 1. The molecule has 5 aromatic rings. The van der Waals surface area contributed by atoms with Crippen molar-refractivity contribution < 1.29 is 47.9 Å². The van der Waals surface area contributed by atoms with E-state index < -0.39 is 120 Å². The Balaban J connectivity index is 1.30. The zero-order chi connectivity index (χ0) is 62.6. The minimum atomic E-state index is -1.61. The lowest BCUT2D eigenvalue weighted by atomic mass is 9.99. The summed E-state index contributed by atoms with van der Waals surface area (Å²) >= 11 is 0. The summed E-state index contributed by atoms with van der Waals surface area (Å²) in [6, 6.07) is 10.1. The van der Waals surface area contributed by atoms with Crippen LogP contribution in [0, 0.1) is 0 Å². The maximum atomic E-state index is 15.4. The Kier molecular flexibility index (Phi) is 23.6. The average molecular weight is 1200 g/mol. The molecule has 87 heavy (non-hydrogen) atoms. The molecule has 2 saturated heterocycles. The first-order valence-corrected chi connectivity index (χ1v) is 29.4. The van der Waals surface area contributed by atoms with Crippen LogP contribution in [0.2, 0.25) is 0 Å². The lowest BCUT2D eigenvalue weighted by Crippen LogP contribution is -2.60. The second kappa shape index (κ2) is 31.6. The summed E-state index contributed by atoms with van der Waals surface area (Å²) < 4.78 is 1.50. The van der Waals surface area contributed by atoms with E-state index in [4.69, 9.17) is 22.9 Å². The molecular formula is C59H80N18O10. The van der Waals surface area contributed by atoms with Crippen LogP contribution in [0.1, 0.15) is 101 Å². The molecule has 17 N–H and O–H groups in total. The van der Waals surface area contributed by atoms with E-state index in [2.05, 4.69) is 62.8 Å². The van der Waals surface area contributed by atoms with Crippen LogP contribution in [0.5, 0.6) is 0 Å². The number of nitrogens with zero attached hydrogens (tertiary/aromatic N) is 5. The molecule has 0 saturated carbocycles. The number of aromatic nitrogens is 4. The molecule has 28 nitrogen and oxygen atoms in total. The molecule has 4 heterocycles. The van der Waals surface area contributed by atoms with Gasteiger partial charge in [-0.25, -0.2) is 4.68 Å². The van der Waals surface area contributed by atoms with Crippen LogP contribution in [0.15, 0.2) is 84.1 Å². The molecule has 466 valence electrons. The lowest BCUT2D eigenvalue weighted by molar-refractivity contribution is -0.143. The van der Waals surface area contributed by atoms with Crippen LogP contribution in [-0.4, -0.2) is 165 Å². The molecule has 8 atom stereocenters. The number of H-pyrrole nitrogens is 1. The number of fused-ring (bicyclic) bond motifs is 3. The topological polar surface area (TPSA) is 433 Å². The number of rotatable bonds is 18. The molecule has 0 bridgehead atoms. The van der Waals surface area contributed by atoms with Gasteiger partial charge in [0.2, 0.25) is 59.1 Å². The Morgan fingerprint density at radius 3 is 2.28 bits per heavy atom. The van der Waals surface area contributed by atoms with Crippen molar-refractivity contribution >= 4 is 86.7 Å². The molecule has 0 radical (unpaired) electrons. The van der Waals surface area contributed by atoms with Crippen molar-refractivity contribution in [3.63, 3.8) is 0 Å². The molecule has 0 aliphatic carbocycles. The average Bonchev–Trinajstić information content (AvgIpc) is 2.30. The number of benzene rings is 3. The quantitative estimate of drug-likeness (QED) is 0.0270. The number of aromatic amines is 1. The summed E-state index contributed by atoms with van der Waals surface area (Å²) in [4.78, 5) is 150. The number of nitrogens with one attached hydrogen (secondary N) is 9. The van der Waals surface area contributed by atoms with Gasteiger partial charge in [-0.2, -0.15) is 0 Å². The van der Waals surface area contributed by atoms with Crippen molar-refractivity contribution in [3.05, 3.63) is 95.9 Å². The number of primary amides is 1. The zero-order valence-corrected chi connectivity index (χ0v) is 49.0.